The third-order valence-electron chi connectivity index (χ3n) is 5.08. The van der Waals surface area contributed by atoms with Crippen molar-refractivity contribution in [1.29, 1.82) is 0 Å². The minimum atomic E-state index is -0.119. The Morgan fingerprint density at radius 3 is 2.86 bits per heavy atom. The lowest BCUT2D eigenvalue weighted by Gasteiger charge is -2.02. The van der Waals surface area contributed by atoms with Crippen LogP contribution in [0.15, 0.2) is 44.7 Å². The number of thiazole rings is 1. The number of nitrogens with two attached hydrogens (primary N) is 1. The first-order chi connectivity index (χ1) is 13.7. The predicted molar refractivity (Wildman–Crippen MR) is 116 cm³/mol. The van der Waals surface area contributed by atoms with Gasteiger partial charge in [-0.15, -0.1) is 23.7 Å². The molecular weight excluding hydrogens is 410 g/mol. The third-order valence-corrected chi connectivity index (χ3v) is 5.84. The lowest BCUT2D eigenvalue weighted by molar-refractivity contribution is -0.115. The second-order valence-corrected chi connectivity index (χ2v) is 7.82. The van der Waals surface area contributed by atoms with Gasteiger partial charge in [0.25, 0.3) is 0 Å². The molecule has 150 valence electrons. The number of halogens is 1. The summed E-state index contributed by atoms with van der Waals surface area (Å²) in [7, 11) is 0. The van der Waals surface area contributed by atoms with Crippen LogP contribution in [-0.4, -0.2) is 10.9 Å². The Labute approximate surface area is 177 Å². The SMILES string of the molecule is Cl.NCc1ccc(-c2csc(NC(=O)Cc3coc4cc5c(cc34)CCC5)n2)o1. The number of aromatic nitrogens is 1. The lowest BCUT2D eigenvalue weighted by atomic mass is 10.0. The van der Waals surface area contributed by atoms with Gasteiger partial charge in [0.1, 0.15) is 17.0 Å². The largest absolute Gasteiger partial charge is 0.464 e. The van der Waals surface area contributed by atoms with Crippen molar-refractivity contribution in [3.05, 3.63) is 58.4 Å². The molecule has 0 bridgehead atoms. The monoisotopic (exact) mass is 429 g/mol. The molecule has 0 fully saturated rings. The Bertz CT molecular complexity index is 1180. The van der Waals surface area contributed by atoms with E-state index in [1.807, 2.05) is 17.5 Å². The average Bonchev–Trinajstić information content (AvgIpc) is 3.47. The van der Waals surface area contributed by atoms with Crippen molar-refractivity contribution in [2.75, 3.05) is 5.32 Å². The number of nitrogens with zero attached hydrogens (tertiary/aromatic N) is 1. The van der Waals surface area contributed by atoms with Gasteiger partial charge in [0, 0.05) is 16.3 Å². The van der Waals surface area contributed by atoms with Crippen LogP contribution >= 0.6 is 23.7 Å². The van der Waals surface area contributed by atoms with Crippen LogP contribution in [0, 0.1) is 0 Å². The van der Waals surface area contributed by atoms with E-state index in [9.17, 15) is 4.79 Å². The fraction of sp³-hybridized carbons (Fsp3) is 0.238. The Balaban J connectivity index is 0.00000205. The Kier molecular flexibility index (Phi) is 5.45. The zero-order valence-corrected chi connectivity index (χ0v) is 17.2. The number of carbonyl (C=O) groups is 1. The molecule has 0 saturated heterocycles. The van der Waals surface area contributed by atoms with Crippen molar-refractivity contribution in [2.24, 2.45) is 5.73 Å². The quantitative estimate of drug-likeness (QED) is 0.479. The molecule has 29 heavy (non-hydrogen) atoms. The molecule has 0 spiro atoms. The molecule has 0 radical (unpaired) electrons. The predicted octanol–water partition coefficient (Wildman–Crippen LogP) is 4.70. The van der Waals surface area contributed by atoms with Gasteiger partial charge in [-0.3, -0.25) is 4.79 Å². The van der Waals surface area contributed by atoms with E-state index in [1.54, 1.807) is 6.26 Å². The molecule has 5 rings (SSSR count). The minimum Gasteiger partial charge on any atom is -0.464 e. The summed E-state index contributed by atoms with van der Waals surface area (Å²) in [5.41, 5.74) is 10.7. The highest BCUT2D eigenvalue weighted by Gasteiger charge is 2.17. The van der Waals surface area contributed by atoms with Crippen molar-refractivity contribution in [1.82, 2.24) is 4.98 Å². The maximum atomic E-state index is 12.5. The van der Waals surface area contributed by atoms with E-state index in [0.29, 0.717) is 28.9 Å². The summed E-state index contributed by atoms with van der Waals surface area (Å²) in [5, 5.41) is 6.29. The molecule has 1 aromatic carbocycles. The summed E-state index contributed by atoms with van der Waals surface area (Å²) in [6, 6.07) is 7.95. The second-order valence-electron chi connectivity index (χ2n) is 6.96. The van der Waals surface area contributed by atoms with E-state index >= 15 is 0 Å². The number of fused-ring (bicyclic) bond motifs is 2. The lowest BCUT2D eigenvalue weighted by Crippen LogP contribution is -2.14. The summed E-state index contributed by atoms with van der Waals surface area (Å²) in [4.78, 5) is 17.0. The number of anilines is 1. The Morgan fingerprint density at radius 2 is 2.07 bits per heavy atom. The first-order valence-corrected chi connectivity index (χ1v) is 10.1. The topological polar surface area (TPSA) is 94.3 Å². The van der Waals surface area contributed by atoms with E-state index in [-0.39, 0.29) is 24.7 Å². The van der Waals surface area contributed by atoms with E-state index in [2.05, 4.69) is 22.4 Å². The fourth-order valence-corrected chi connectivity index (χ4v) is 4.41. The molecule has 0 saturated carbocycles. The van der Waals surface area contributed by atoms with Gasteiger partial charge in [-0.1, -0.05) is 0 Å². The molecule has 1 amide bonds. The Hall–Kier alpha value is -2.61. The fourth-order valence-electron chi connectivity index (χ4n) is 3.69. The van der Waals surface area contributed by atoms with Gasteiger partial charge in [0.2, 0.25) is 5.91 Å². The van der Waals surface area contributed by atoms with Crippen LogP contribution in [0.5, 0.6) is 0 Å². The molecule has 0 atom stereocenters. The third kappa shape index (κ3) is 3.81. The Morgan fingerprint density at radius 1 is 1.24 bits per heavy atom. The van der Waals surface area contributed by atoms with Gasteiger partial charge >= 0.3 is 0 Å². The van der Waals surface area contributed by atoms with E-state index < -0.39 is 0 Å². The van der Waals surface area contributed by atoms with Gasteiger partial charge in [-0.05, 0) is 54.7 Å². The molecule has 0 aliphatic heterocycles. The first kappa shape index (κ1) is 19.7. The number of carbonyl (C=O) groups excluding carboxylic acids is 1. The number of amides is 1. The van der Waals surface area contributed by atoms with E-state index in [1.165, 1.54) is 28.9 Å². The maximum Gasteiger partial charge on any atom is 0.230 e. The zero-order chi connectivity index (χ0) is 19.1. The number of furan rings is 2. The molecule has 1 aliphatic carbocycles. The number of aryl methyl sites for hydroxylation is 2. The highest BCUT2D eigenvalue weighted by atomic mass is 35.5. The molecule has 8 heteroatoms. The standard InChI is InChI=1S/C21H19N3O3S.ClH/c22-9-15-4-5-18(27-15)17-11-28-21(23-17)24-20(25)8-14-10-26-19-7-13-3-1-2-12(13)6-16(14)19;/h4-7,10-11H,1-3,8-9,22H2,(H,23,24,25);1H. The summed E-state index contributed by atoms with van der Waals surface area (Å²) >= 11 is 1.36. The van der Waals surface area contributed by atoms with Crippen LogP contribution in [0.3, 0.4) is 0 Å². The molecule has 3 heterocycles. The normalized spacial score (nSPS) is 12.7. The van der Waals surface area contributed by atoms with Gasteiger partial charge in [0.05, 0.1) is 19.2 Å². The summed E-state index contributed by atoms with van der Waals surface area (Å²) in [6.07, 6.45) is 5.33. The van der Waals surface area contributed by atoms with Gasteiger partial charge in [0.15, 0.2) is 10.9 Å². The summed E-state index contributed by atoms with van der Waals surface area (Å²) in [5.74, 6) is 1.23. The van der Waals surface area contributed by atoms with Crippen molar-refractivity contribution in [2.45, 2.75) is 32.2 Å². The maximum absolute atomic E-state index is 12.5. The number of hydrogen-bond acceptors (Lipinski definition) is 6. The van der Waals surface area contributed by atoms with Crippen LogP contribution in [0.2, 0.25) is 0 Å². The molecular formula is C21H20ClN3O3S. The van der Waals surface area contributed by atoms with E-state index in [0.717, 1.165) is 29.4 Å². The molecule has 0 unspecified atom stereocenters. The smallest absolute Gasteiger partial charge is 0.230 e. The van der Waals surface area contributed by atoms with Gasteiger partial charge < -0.3 is 19.9 Å². The van der Waals surface area contributed by atoms with Crippen LogP contribution in [0.4, 0.5) is 5.13 Å². The number of hydrogen-bond donors (Lipinski definition) is 2. The second kappa shape index (κ2) is 8.02. The highest BCUT2D eigenvalue weighted by molar-refractivity contribution is 7.14. The molecule has 1 aliphatic rings. The minimum absolute atomic E-state index is 0. The van der Waals surface area contributed by atoms with Crippen molar-refractivity contribution >= 4 is 45.8 Å². The molecule has 3 N–H and O–H groups in total. The number of nitrogens with one attached hydrogen (secondary N) is 1. The van der Waals surface area contributed by atoms with Crippen LogP contribution < -0.4 is 11.1 Å². The molecule has 3 aromatic heterocycles. The van der Waals surface area contributed by atoms with Gasteiger partial charge in [-0.25, -0.2) is 4.98 Å². The molecule has 6 nitrogen and oxygen atoms in total. The number of rotatable bonds is 5. The molecule has 4 aromatic rings. The van der Waals surface area contributed by atoms with Crippen LogP contribution in [0.25, 0.3) is 22.4 Å². The van der Waals surface area contributed by atoms with Crippen LogP contribution in [0.1, 0.15) is 28.9 Å². The first-order valence-electron chi connectivity index (χ1n) is 9.26. The van der Waals surface area contributed by atoms with Crippen molar-refractivity contribution in [3.63, 3.8) is 0 Å². The zero-order valence-electron chi connectivity index (χ0n) is 15.6. The summed E-state index contributed by atoms with van der Waals surface area (Å²) < 4.78 is 11.3. The summed E-state index contributed by atoms with van der Waals surface area (Å²) in [6.45, 7) is 0.343. The average molecular weight is 430 g/mol. The van der Waals surface area contributed by atoms with Crippen molar-refractivity contribution in [3.8, 4) is 11.5 Å². The van der Waals surface area contributed by atoms with E-state index in [4.69, 9.17) is 14.6 Å². The van der Waals surface area contributed by atoms with Gasteiger partial charge in [-0.2, -0.15) is 0 Å². The van der Waals surface area contributed by atoms with Crippen LogP contribution in [-0.2, 0) is 30.6 Å². The van der Waals surface area contributed by atoms with Crippen molar-refractivity contribution < 1.29 is 13.6 Å². The highest BCUT2D eigenvalue weighted by Crippen LogP contribution is 2.31. The number of benzene rings is 1.